The number of rotatable bonds is 4. The lowest BCUT2D eigenvalue weighted by Crippen LogP contribution is -2.15. The van der Waals surface area contributed by atoms with E-state index in [1.165, 1.54) is 5.56 Å². The molecule has 4 nitrogen and oxygen atoms in total. The van der Waals surface area contributed by atoms with Crippen LogP contribution in [-0.2, 0) is 6.54 Å². The molecule has 1 amide bonds. The van der Waals surface area contributed by atoms with Gasteiger partial charge in [-0.3, -0.25) is 10.1 Å². The summed E-state index contributed by atoms with van der Waals surface area (Å²) < 4.78 is 2.01. The minimum absolute atomic E-state index is 0.134. The Morgan fingerprint density at radius 2 is 1.83 bits per heavy atom. The number of carbonyl (C=O) groups is 1. The number of amides is 1. The minimum atomic E-state index is -0.134. The molecule has 118 valence electrons. The van der Waals surface area contributed by atoms with Crippen LogP contribution in [0.5, 0.6) is 0 Å². The van der Waals surface area contributed by atoms with Crippen molar-refractivity contribution < 1.29 is 4.79 Å². The van der Waals surface area contributed by atoms with Crippen LogP contribution in [-0.4, -0.2) is 15.5 Å². The van der Waals surface area contributed by atoms with Crippen LogP contribution in [0.2, 0.25) is 0 Å². The second kappa shape index (κ2) is 6.24. The van der Waals surface area contributed by atoms with E-state index in [4.69, 9.17) is 0 Å². The van der Waals surface area contributed by atoms with Crippen molar-refractivity contribution in [3.05, 3.63) is 59.7 Å². The molecule has 3 aromatic rings. The van der Waals surface area contributed by atoms with E-state index in [1.807, 2.05) is 60.0 Å². The Kier molecular flexibility index (Phi) is 4.15. The van der Waals surface area contributed by atoms with Crippen molar-refractivity contribution in [1.29, 1.82) is 0 Å². The lowest BCUT2D eigenvalue weighted by atomic mass is 10.0. The van der Waals surface area contributed by atoms with E-state index in [9.17, 15) is 4.79 Å². The number of anilines is 1. The van der Waals surface area contributed by atoms with Crippen molar-refractivity contribution in [1.82, 2.24) is 9.55 Å². The van der Waals surface area contributed by atoms with Crippen LogP contribution in [0, 0.1) is 0 Å². The summed E-state index contributed by atoms with van der Waals surface area (Å²) in [5.74, 6) is 0.911. The minimum Gasteiger partial charge on any atom is -0.310 e. The molecule has 0 saturated carbocycles. The molecule has 1 aromatic heterocycles. The average Bonchev–Trinajstić information content (AvgIpc) is 2.91. The van der Waals surface area contributed by atoms with Gasteiger partial charge >= 0.3 is 0 Å². The number of nitrogens with zero attached hydrogens (tertiary/aromatic N) is 2. The zero-order valence-corrected chi connectivity index (χ0v) is 13.7. The van der Waals surface area contributed by atoms with E-state index in [0.29, 0.717) is 17.4 Å². The summed E-state index contributed by atoms with van der Waals surface area (Å²) in [6.07, 6.45) is 0. The maximum atomic E-state index is 12.5. The van der Waals surface area contributed by atoms with E-state index in [-0.39, 0.29) is 5.91 Å². The van der Waals surface area contributed by atoms with Crippen molar-refractivity contribution >= 4 is 22.9 Å². The molecule has 0 unspecified atom stereocenters. The molecule has 0 saturated heterocycles. The largest absolute Gasteiger partial charge is 0.310 e. The molecule has 0 fully saturated rings. The second-order valence-corrected chi connectivity index (χ2v) is 5.90. The molecule has 0 atom stereocenters. The molecule has 2 aromatic carbocycles. The summed E-state index contributed by atoms with van der Waals surface area (Å²) in [6.45, 7) is 7.07. The predicted molar refractivity (Wildman–Crippen MR) is 93.9 cm³/mol. The quantitative estimate of drug-likeness (QED) is 0.775. The van der Waals surface area contributed by atoms with Crippen LogP contribution < -0.4 is 5.32 Å². The smallest absolute Gasteiger partial charge is 0.257 e. The highest BCUT2D eigenvalue weighted by Gasteiger charge is 2.13. The summed E-state index contributed by atoms with van der Waals surface area (Å²) in [4.78, 5) is 17.0. The molecule has 1 N–H and O–H groups in total. The Morgan fingerprint density at radius 3 is 2.48 bits per heavy atom. The van der Waals surface area contributed by atoms with Crippen molar-refractivity contribution in [3.63, 3.8) is 0 Å². The summed E-state index contributed by atoms with van der Waals surface area (Å²) >= 11 is 0. The third-order valence-electron chi connectivity index (χ3n) is 4.04. The number of aryl methyl sites for hydroxylation is 1. The van der Waals surface area contributed by atoms with Gasteiger partial charge in [0, 0.05) is 12.1 Å². The van der Waals surface area contributed by atoms with Crippen LogP contribution in [0.4, 0.5) is 5.95 Å². The first kappa shape index (κ1) is 15.3. The number of fused-ring (bicyclic) bond motifs is 1. The maximum absolute atomic E-state index is 12.5. The number of nitrogens with one attached hydrogen (secondary N) is 1. The van der Waals surface area contributed by atoms with Gasteiger partial charge in [0.25, 0.3) is 5.91 Å². The summed E-state index contributed by atoms with van der Waals surface area (Å²) in [6, 6.07) is 15.6. The molecule has 0 aliphatic heterocycles. The fourth-order valence-corrected chi connectivity index (χ4v) is 2.68. The van der Waals surface area contributed by atoms with Gasteiger partial charge in [0.15, 0.2) is 0 Å². The molecule has 3 rings (SSSR count). The first-order chi connectivity index (χ1) is 11.1. The Morgan fingerprint density at radius 1 is 1.13 bits per heavy atom. The topological polar surface area (TPSA) is 46.9 Å². The van der Waals surface area contributed by atoms with Gasteiger partial charge in [0.05, 0.1) is 11.0 Å². The van der Waals surface area contributed by atoms with Gasteiger partial charge in [0.2, 0.25) is 5.95 Å². The first-order valence-electron chi connectivity index (χ1n) is 7.96. The Bertz CT molecular complexity index is 831. The van der Waals surface area contributed by atoms with Gasteiger partial charge in [-0.05, 0) is 42.7 Å². The van der Waals surface area contributed by atoms with E-state index in [2.05, 4.69) is 24.1 Å². The molecule has 0 aliphatic rings. The number of hydrogen-bond donors (Lipinski definition) is 1. The van der Waals surface area contributed by atoms with Crippen LogP contribution >= 0.6 is 0 Å². The number of carbonyl (C=O) groups excluding carboxylic acids is 1. The van der Waals surface area contributed by atoms with Gasteiger partial charge in [-0.2, -0.15) is 0 Å². The average molecular weight is 307 g/mol. The van der Waals surface area contributed by atoms with Gasteiger partial charge in [0.1, 0.15) is 0 Å². The molecule has 0 spiro atoms. The van der Waals surface area contributed by atoms with Crippen molar-refractivity contribution in [2.45, 2.75) is 33.2 Å². The predicted octanol–water partition coefficient (Wildman–Crippen LogP) is 4.43. The van der Waals surface area contributed by atoms with Gasteiger partial charge < -0.3 is 4.57 Å². The monoisotopic (exact) mass is 307 g/mol. The van der Waals surface area contributed by atoms with E-state index < -0.39 is 0 Å². The number of imidazole rings is 1. The number of aromatic nitrogens is 2. The zero-order valence-electron chi connectivity index (χ0n) is 13.7. The number of para-hydroxylation sites is 2. The van der Waals surface area contributed by atoms with Crippen LogP contribution in [0.3, 0.4) is 0 Å². The standard InChI is InChI=1S/C19H21N3O/c1-4-22-17-8-6-5-7-16(17)20-19(22)21-18(23)15-11-9-14(10-12-15)13(2)3/h5-13H,4H2,1-3H3,(H,20,21,23). The number of hydrogen-bond acceptors (Lipinski definition) is 2. The summed E-state index contributed by atoms with van der Waals surface area (Å²) in [5.41, 5.74) is 3.78. The molecule has 0 aliphatic carbocycles. The fraction of sp³-hybridized carbons (Fsp3) is 0.263. The van der Waals surface area contributed by atoms with Crippen molar-refractivity contribution in [2.75, 3.05) is 5.32 Å². The summed E-state index contributed by atoms with van der Waals surface area (Å²) in [7, 11) is 0. The third-order valence-corrected chi connectivity index (χ3v) is 4.04. The van der Waals surface area contributed by atoms with Gasteiger partial charge in [-0.25, -0.2) is 4.98 Å². The molecular formula is C19H21N3O. The molecule has 0 bridgehead atoms. The normalized spacial score (nSPS) is 11.1. The highest BCUT2D eigenvalue weighted by Crippen LogP contribution is 2.20. The first-order valence-corrected chi connectivity index (χ1v) is 7.96. The van der Waals surface area contributed by atoms with E-state index in [1.54, 1.807) is 0 Å². The third kappa shape index (κ3) is 2.97. The number of benzene rings is 2. The van der Waals surface area contributed by atoms with Crippen LogP contribution in [0.15, 0.2) is 48.5 Å². The van der Waals surface area contributed by atoms with Gasteiger partial charge in [-0.1, -0.05) is 38.1 Å². The van der Waals surface area contributed by atoms with E-state index in [0.717, 1.165) is 17.6 Å². The summed E-state index contributed by atoms with van der Waals surface area (Å²) in [5, 5.41) is 2.93. The molecular weight excluding hydrogens is 286 g/mol. The highest BCUT2D eigenvalue weighted by atomic mass is 16.1. The van der Waals surface area contributed by atoms with Crippen molar-refractivity contribution in [3.8, 4) is 0 Å². The molecule has 1 heterocycles. The molecule has 23 heavy (non-hydrogen) atoms. The lowest BCUT2D eigenvalue weighted by molar-refractivity contribution is 0.102. The Balaban J connectivity index is 1.88. The molecule has 0 radical (unpaired) electrons. The van der Waals surface area contributed by atoms with Gasteiger partial charge in [-0.15, -0.1) is 0 Å². The Hall–Kier alpha value is -2.62. The van der Waals surface area contributed by atoms with Crippen molar-refractivity contribution in [2.24, 2.45) is 0 Å². The Labute approximate surface area is 136 Å². The maximum Gasteiger partial charge on any atom is 0.257 e. The fourth-order valence-electron chi connectivity index (χ4n) is 2.68. The highest BCUT2D eigenvalue weighted by molar-refractivity contribution is 6.04. The second-order valence-electron chi connectivity index (χ2n) is 5.90. The lowest BCUT2D eigenvalue weighted by Gasteiger charge is -2.09. The zero-order chi connectivity index (χ0) is 16.4. The molecule has 4 heteroatoms. The SMILES string of the molecule is CCn1c(NC(=O)c2ccc(C(C)C)cc2)nc2ccccc21. The van der Waals surface area contributed by atoms with Crippen LogP contribution in [0.1, 0.15) is 42.6 Å². The van der Waals surface area contributed by atoms with E-state index >= 15 is 0 Å². The van der Waals surface area contributed by atoms with Crippen LogP contribution in [0.25, 0.3) is 11.0 Å².